The number of aromatic hydroxyl groups is 1. The van der Waals surface area contributed by atoms with Crippen LogP contribution in [0.3, 0.4) is 0 Å². The molecule has 0 aliphatic carbocycles. The van der Waals surface area contributed by atoms with Gasteiger partial charge in [-0.15, -0.1) is 22.7 Å². The molecule has 7 aromatic rings. The summed E-state index contributed by atoms with van der Waals surface area (Å²) in [5.74, 6) is -1.24. The summed E-state index contributed by atoms with van der Waals surface area (Å²) < 4.78 is 1.03. The number of anilines is 6. The third kappa shape index (κ3) is 10.1. The normalized spacial score (nSPS) is 12.6. The Bertz CT molecular complexity index is 2880. The number of aldehydes is 1. The Morgan fingerprint density at radius 1 is 0.603 bits per heavy atom. The summed E-state index contributed by atoms with van der Waals surface area (Å²) in [7, 11) is 2.81. The molecule has 0 bridgehead atoms. The summed E-state index contributed by atoms with van der Waals surface area (Å²) in [4.78, 5) is 53.7. The van der Waals surface area contributed by atoms with Gasteiger partial charge in [0.1, 0.15) is 33.3 Å². The molecule has 0 unspecified atom stereocenters. The lowest BCUT2D eigenvalue weighted by Gasteiger charge is -2.24. The Kier molecular flexibility index (Phi) is 14.4. The number of rotatable bonds is 8. The Hall–Kier alpha value is -8.10. The van der Waals surface area contributed by atoms with E-state index in [4.69, 9.17) is 5.26 Å². The summed E-state index contributed by atoms with van der Waals surface area (Å²) in [6.07, 6.45) is 2.64. The average molecular weight is 869 g/mol. The molecule has 0 saturated heterocycles. The first kappa shape index (κ1) is 44.5. The zero-order valence-corrected chi connectivity index (χ0v) is 36.3. The van der Waals surface area contributed by atoms with Crippen LogP contribution >= 0.6 is 22.7 Å². The molecule has 2 amide bonds. The highest BCUT2D eigenvalue weighted by Crippen LogP contribution is 2.40. The molecule has 0 spiro atoms. The number of likely N-dealkylation sites (N-methyl/N-ethyl adjacent to an activating group) is 1. The predicted octanol–water partition coefficient (Wildman–Crippen LogP) is 10.7. The standard InChI is InChI=1S/C25H19N3O2S.C17H13NOS.C8H8N2O2/c1-17-21(24(29)27(2)25(30)22(17)16-26)15-20-13-14-23(31-20)28(18-9-5-3-6-10-18)19-11-7-4-8-12-19;19-13-16-11-12-17(20-16)18(14-7-3-1-4-8-14)15-9-5-2-6-10-15;1-5-3-7(11)10(2)8(12)6(5)4-9/h3-15H,1-2H3;1-13H;3,12H,1-2H3/b21-15+;;. The largest absolute Gasteiger partial charge is 0.493 e. The van der Waals surface area contributed by atoms with E-state index >= 15 is 0 Å². The molecule has 11 nitrogen and oxygen atoms in total. The number of hydrogen-bond donors (Lipinski definition) is 1. The monoisotopic (exact) mass is 868 g/mol. The molecule has 312 valence electrons. The van der Waals surface area contributed by atoms with Crippen molar-refractivity contribution in [1.29, 1.82) is 10.5 Å². The summed E-state index contributed by atoms with van der Waals surface area (Å²) >= 11 is 3.02. The molecule has 0 fully saturated rings. The van der Waals surface area contributed by atoms with Gasteiger partial charge in [0, 0.05) is 53.4 Å². The number of carbonyl (C=O) groups excluding carboxylic acids is 3. The summed E-state index contributed by atoms with van der Waals surface area (Å²) in [6, 6.07) is 53.2. The number of para-hydroxylation sites is 4. The third-order valence-electron chi connectivity index (χ3n) is 9.79. The number of pyridine rings is 1. The Morgan fingerprint density at radius 3 is 1.43 bits per heavy atom. The van der Waals surface area contributed by atoms with E-state index in [2.05, 4.69) is 34.1 Å². The van der Waals surface area contributed by atoms with Gasteiger partial charge < -0.3 is 14.9 Å². The van der Waals surface area contributed by atoms with Crippen LogP contribution in [-0.2, 0) is 16.6 Å². The Labute approximate surface area is 372 Å². The molecule has 4 heterocycles. The number of aryl methyl sites for hydroxylation is 1. The maximum atomic E-state index is 12.7. The van der Waals surface area contributed by atoms with Crippen LogP contribution in [0.2, 0.25) is 0 Å². The molecule has 4 aromatic carbocycles. The summed E-state index contributed by atoms with van der Waals surface area (Å²) in [5, 5.41) is 29.3. The Morgan fingerprint density at radius 2 is 1.03 bits per heavy atom. The van der Waals surface area contributed by atoms with E-state index in [9.17, 15) is 29.5 Å². The van der Waals surface area contributed by atoms with Crippen molar-refractivity contribution in [2.45, 2.75) is 13.8 Å². The molecular weight excluding hydrogens is 829 g/mol. The summed E-state index contributed by atoms with van der Waals surface area (Å²) in [6.45, 7) is 3.25. The van der Waals surface area contributed by atoms with Crippen molar-refractivity contribution < 1.29 is 19.5 Å². The molecule has 1 aliphatic heterocycles. The van der Waals surface area contributed by atoms with Crippen LogP contribution in [0, 0.1) is 29.6 Å². The zero-order valence-electron chi connectivity index (χ0n) is 34.7. The molecular formula is C50H40N6O5S2. The molecule has 8 rings (SSSR count). The highest BCUT2D eigenvalue weighted by Gasteiger charge is 2.33. The van der Waals surface area contributed by atoms with Gasteiger partial charge >= 0.3 is 0 Å². The number of nitriles is 2. The van der Waals surface area contributed by atoms with Crippen LogP contribution in [0.25, 0.3) is 6.08 Å². The van der Waals surface area contributed by atoms with Crippen molar-refractivity contribution in [3.63, 3.8) is 0 Å². The third-order valence-corrected chi connectivity index (χ3v) is 11.8. The second kappa shape index (κ2) is 20.4. The first-order valence-corrected chi connectivity index (χ1v) is 21.0. The molecule has 1 aliphatic rings. The lowest BCUT2D eigenvalue weighted by Crippen LogP contribution is -2.39. The van der Waals surface area contributed by atoms with Gasteiger partial charge in [0.2, 0.25) is 5.88 Å². The lowest BCUT2D eigenvalue weighted by atomic mass is 9.95. The first-order valence-electron chi connectivity index (χ1n) is 19.4. The molecule has 0 radical (unpaired) electrons. The quantitative estimate of drug-likeness (QED) is 0.0894. The topological polar surface area (TPSA) is 151 Å². The average Bonchev–Trinajstić information content (AvgIpc) is 3.99. The van der Waals surface area contributed by atoms with E-state index in [0.717, 1.165) is 58.3 Å². The van der Waals surface area contributed by atoms with Crippen LogP contribution in [0.15, 0.2) is 173 Å². The van der Waals surface area contributed by atoms with Gasteiger partial charge in [-0.3, -0.25) is 28.6 Å². The number of carbonyl (C=O) groups is 3. The van der Waals surface area contributed by atoms with Gasteiger partial charge in [0.25, 0.3) is 17.4 Å². The lowest BCUT2D eigenvalue weighted by molar-refractivity contribution is -0.138. The maximum Gasteiger partial charge on any atom is 0.271 e. The maximum absolute atomic E-state index is 12.7. The van der Waals surface area contributed by atoms with Crippen LogP contribution in [0.5, 0.6) is 5.88 Å². The zero-order chi connectivity index (χ0) is 45.0. The molecule has 0 saturated carbocycles. The van der Waals surface area contributed by atoms with E-state index in [1.54, 1.807) is 19.9 Å². The minimum absolute atomic E-state index is 0.000303. The first-order chi connectivity index (χ1) is 30.5. The molecule has 1 N–H and O–H groups in total. The summed E-state index contributed by atoms with van der Waals surface area (Å²) in [5.41, 5.74) is 5.32. The van der Waals surface area contributed by atoms with Crippen LogP contribution in [-0.4, -0.2) is 39.7 Å². The fourth-order valence-corrected chi connectivity index (χ4v) is 8.32. The van der Waals surface area contributed by atoms with E-state index < -0.39 is 11.8 Å². The minimum atomic E-state index is -0.562. The van der Waals surface area contributed by atoms with Crippen molar-refractivity contribution in [1.82, 2.24) is 9.47 Å². The van der Waals surface area contributed by atoms with Crippen molar-refractivity contribution in [2.75, 3.05) is 16.8 Å². The second-order valence-corrected chi connectivity index (χ2v) is 16.0. The SMILES string of the molecule is CC1=C(C#N)C(=O)N(C)C(=O)/C1=C/c1ccc(N(c2ccccc2)c2ccccc2)s1.Cc1cc(=O)n(C)c(O)c1C#N.O=Cc1ccc(N(c2ccccc2)c2ccccc2)s1. The number of nitrogens with zero attached hydrogens (tertiary/aromatic N) is 6. The van der Waals surface area contributed by atoms with E-state index in [0.29, 0.717) is 16.7 Å². The molecule has 0 atom stereocenters. The number of amides is 2. The number of benzene rings is 4. The van der Waals surface area contributed by atoms with Crippen LogP contribution < -0.4 is 15.4 Å². The van der Waals surface area contributed by atoms with Crippen LogP contribution in [0.4, 0.5) is 32.8 Å². The van der Waals surface area contributed by atoms with Crippen molar-refractivity contribution >= 4 is 79.6 Å². The number of hydrogen-bond acceptors (Lipinski definition) is 11. The van der Waals surface area contributed by atoms with Gasteiger partial charge in [0.15, 0.2) is 6.29 Å². The fraction of sp³-hybridized carbons (Fsp3) is 0.0800. The molecule has 3 aromatic heterocycles. The van der Waals surface area contributed by atoms with Gasteiger partial charge in [-0.05, 0) is 104 Å². The highest BCUT2D eigenvalue weighted by molar-refractivity contribution is 7.17. The van der Waals surface area contributed by atoms with Crippen molar-refractivity contribution in [3.05, 3.63) is 200 Å². The number of thiophene rings is 2. The fourth-order valence-electron chi connectivity index (χ4n) is 6.46. The van der Waals surface area contributed by atoms with Gasteiger partial charge in [-0.1, -0.05) is 72.8 Å². The van der Waals surface area contributed by atoms with Gasteiger partial charge in [-0.2, -0.15) is 10.5 Å². The van der Waals surface area contributed by atoms with Gasteiger partial charge in [-0.25, -0.2) is 0 Å². The number of imide groups is 1. The molecule has 63 heavy (non-hydrogen) atoms. The van der Waals surface area contributed by atoms with Crippen molar-refractivity contribution in [3.8, 4) is 18.0 Å². The van der Waals surface area contributed by atoms with Crippen LogP contribution in [0.1, 0.15) is 32.6 Å². The van der Waals surface area contributed by atoms with Crippen molar-refractivity contribution in [2.24, 2.45) is 7.05 Å². The predicted molar refractivity (Wildman–Crippen MR) is 250 cm³/mol. The van der Waals surface area contributed by atoms with E-state index in [1.165, 1.54) is 42.8 Å². The van der Waals surface area contributed by atoms with E-state index in [-0.39, 0.29) is 22.6 Å². The second-order valence-electron chi connectivity index (χ2n) is 13.9. The number of aromatic nitrogens is 1. The highest BCUT2D eigenvalue weighted by atomic mass is 32.1. The molecule has 13 heteroatoms. The smallest absolute Gasteiger partial charge is 0.271 e. The minimum Gasteiger partial charge on any atom is -0.493 e. The van der Waals surface area contributed by atoms with E-state index in [1.807, 2.05) is 133 Å². The Balaban J connectivity index is 0.000000176. The van der Waals surface area contributed by atoms with Gasteiger partial charge in [0.05, 0.1) is 4.88 Å².